The van der Waals surface area contributed by atoms with E-state index in [0.717, 1.165) is 0 Å². The molecular formula is C13H19N3O2. The van der Waals surface area contributed by atoms with Crippen LogP contribution in [0.1, 0.15) is 39.0 Å². The smallest absolute Gasteiger partial charge is 0.310 e. The first-order valence-electron chi connectivity index (χ1n) is 6.53. The minimum absolute atomic E-state index is 0.0557. The molecule has 1 atom stereocenters. The lowest BCUT2D eigenvalue weighted by molar-refractivity contribution is -0.384. The van der Waals surface area contributed by atoms with Crippen molar-refractivity contribution < 1.29 is 4.92 Å². The van der Waals surface area contributed by atoms with Gasteiger partial charge in [-0.25, -0.2) is 0 Å². The van der Waals surface area contributed by atoms with Crippen LogP contribution in [-0.4, -0.2) is 15.9 Å². The Labute approximate surface area is 107 Å². The molecule has 1 aromatic rings. The van der Waals surface area contributed by atoms with Crippen LogP contribution in [0.3, 0.4) is 0 Å². The largest absolute Gasteiger partial charge is 0.377 e. The average Bonchev–Trinajstić information content (AvgIpc) is 2.40. The van der Waals surface area contributed by atoms with Gasteiger partial charge in [0.2, 0.25) is 0 Å². The Kier molecular flexibility index (Phi) is 4.12. The van der Waals surface area contributed by atoms with Gasteiger partial charge in [-0.15, -0.1) is 0 Å². The maximum Gasteiger partial charge on any atom is 0.310 e. The van der Waals surface area contributed by atoms with E-state index in [0.29, 0.717) is 11.6 Å². The highest BCUT2D eigenvalue weighted by molar-refractivity contribution is 5.60. The molecular weight excluding hydrogens is 230 g/mol. The van der Waals surface area contributed by atoms with Crippen molar-refractivity contribution in [3.63, 3.8) is 0 Å². The first-order chi connectivity index (χ1) is 8.68. The summed E-state index contributed by atoms with van der Waals surface area (Å²) in [7, 11) is 0. The Morgan fingerprint density at radius 3 is 2.83 bits per heavy atom. The molecule has 0 aliphatic heterocycles. The summed E-state index contributed by atoms with van der Waals surface area (Å²) in [4.78, 5) is 14.3. The number of nitrogens with zero attached hydrogens (tertiary/aromatic N) is 2. The standard InChI is InChI=1S/C13H19N3O2/c1-10(11-5-3-2-4-6-11)15-12-7-8-14-9-13(12)16(17)18/h7-11H,2-6H2,1H3,(H,14,15). The lowest BCUT2D eigenvalue weighted by Gasteiger charge is -2.28. The predicted molar refractivity (Wildman–Crippen MR) is 70.6 cm³/mol. The van der Waals surface area contributed by atoms with Crippen molar-refractivity contribution in [1.29, 1.82) is 0 Å². The van der Waals surface area contributed by atoms with Gasteiger partial charge in [0.05, 0.1) is 4.92 Å². The van der Waals surface area contributed by atoms with Crippen LogP contribution in [0.25, 0.3) is 0 Å². The molecule has 1 N–H and O–H groups in total. The van der Waals surface area contributed by atoms with Gasteiger partial charge in [0, 0.05) is 12.2 Å². The molecule has 1 fully saturated rings. The molecule has 1 aliphatic carbocycles. The Bertz CT molecular complexity index is 416. The topological polar surface area (TPSA) is 68.1 Å². The van der Waals surface area contributed by atoms with Gasteiger partial charge in [-0.05, 0) is 31.7 Å². The maximum absolute atomic E-state index is 10.9. The van der Waals surface area contributed by atoms with Crippen molar-refractivity contribution in [2.75, 3.05) is 5.32 Å². The van der Waals surface area contributed by atoms with Crippen LogP contribution in [0.5, 0.6) is 0 Å². The number of nitro groups is 1. The number of rotatable bonds is 4. The van der Waals surface area contributed by atoms with Gasteiger partial charge in [0.1, 0.15) is 11.9 Å². The monoisotopic (exact) mass is 249 g/mol. The van der Waals surface area contributed by atoms with Crippen LogP contribution in [0.4, 0.5) is 11.4 Å². The summed E-state index contributed by atoms with van der Waals surface area (Å²) in [5.41, 5.74) is 0.633. The Morgan fingerprint density at radius 2 is 2.17 bits per heavy atom. The average molecular weight is 249 g/mol. The van der Waals surface area contributed by atoms with Gasteiger partial charge in [-0.1, -0.05) is 19.3 Å². The molecule has 0 bridgehead atoms. The summed E-state index contributed by atoms with van der Waals surface area (Å²) in [6.07, 6.45) is 9.18. The normalized spacial score (nSPS) is 18.3. The highest BCUT2D eigenvalue weighted by Gasteiger charge is 2.22. The minimum Gasteiger partial charge on any atom is -0.377 e. The molecule has 0 spiro atoms. The van der Waals surface area contributed by atoms with Crippen molar-refractivity contribution >= 4 is 11.4 Å². The third-order valence-corrected chi connectivity index (χ3v) is 3.74. The summed E-state index contributed by atoms with van der Waals surface area (Å²) in [6.45, 7) is 2.11. The lowest BCUT2D eigenvalue weighted by Crippen LogP contribution is -2.28. The Balaban J connectivity index is 2.06. The van der Waals surface area contributed by atoms with E-state index in [2.05, 4.69) is 17.2 Å². The second kappa shape index (κ2) is 5.80. The zero-order chi connectivity index (χ0) is 13.0. The van der Waals surface area contributed by atoms with Crippen molar-refractivity contribution in [3.8, 4) is 0 Å². The number of hydrogen-bond acceptors (Lipinski definition) is 4. The van der Waals surface area contributed by atoms with Gasteiger partial charge in [0.25, 0.3) is 0 Å². The lowest BCUT2D eigenvalue weighted by atomic mass is 9.84. The molecule has 98 valence electrons. The summed E-state index contributed by atoms with van der Waals surface area (Å²) in [6, 6.07) is 1.95. The van der Waals surface area contributed by atoms with Gasteiger partial charge >= 0.3 is 5.69 Å². The van der Waals surface area contributed by atoms with Crippen molar-refractivity contribution in [3.05, 3.63) is 28.6 Å². The highest BCUT2D eigenvalue weighted by Crippen LogP contribution is 2.30. The maximum atomic E-state index is 10.9. The van der Waals surface area contributed by atoms with E-state index in [1.807, 2.05) is 0 Å². The number of nitrogens with one attached hydrogen (secondary N) is 1. The summed E-state index contributed by atoms with van der Waals surface area (Å²) in [5.74, 6) is 0.617. The van der Waals surface area contributed by atoms with E-state index < -0.39 is 0 Å². The summed E-state index contributed by atoms with van der Waals surface area (Å²) >= 11 is 0. The third-order valence-electron chi connectivity index (χ3n) is 3.74. The fourth-order valence-corrected chi connectivity index (χ4v) is 2.65. The SMILES string of the molecule is CC(Nc1ccncc1[N+](=O)[O-])C1CCCCC1. The second-order valence-electron chi connectivity index (χ2n) is 4.98. The molecule has 0 saturated heterocycles. The zero-order valence-electron chi connectivity index (χ0n) is 10.6. The van der Waals surface area contributed by atoms with Crippen LogP contribution in [0, 0.1) is 16.0 Å². The van der Waals surface area contributed by atoms with Crippen LogP contribution in [0.15, 0.2) is 18.5 Å². The molecule has 0 aromatic carbocycles. The van der Waals surface area contributed by atoms with Crippen LogP contribution in [-0.2, 0) is 0 Å². The Hall–Kier alpha value is -1.65. The molecule has 1 aliphatic rings. The minimum atomic E-state index is -0.386. The van der Waals surface area contributed by atoms with E-state index >= 15 is 0 Å². The zero-order valence-corrected chi connectivity index (χ0v) is 10.6. The predicted octanol–water partition coefficient (Wildman–Crippen LogP) is 3.37. The van der Waals surface area contributed by atoms with E-state index in [1.54, 1.807) is 12.3 Å². The second-order valence-corrected chi connectivity index (χ2v) is 4.98. The molecule has 18 heavy (non-hydrogen) atoms. The molecule has 5 heteroatoms. The fraction of sp³-hybridized carbons (Fsp3) is 0.615. The van der Waals surface area contributed by atoms with Crippen molar-refractivity contribution in [2.45, 2.75) is 45.1 Å². The quantitative estimate of drug-likeness (QED) is 0.656. The van der Waals surface area contributed by atoms with Crippen molar-refractivity contribution in [1.82, 2.24) is 4.98 Å². The first-order valence-corrected chi connectivity index (χ1v) is 6.53. The number of aromatic nitrogens is 1. The molecule has 2 rings (SSSR count). The molecule has 0 amide bonds. The van der Waals surface area contributed by atoms with Gasteiger partial charge in [0.15, 0.2) is 0 Å². The van der Waals surface area contributed by atoms with Crippen LogP contribution < -0.4 is 5.32 Å². The molecule has 1 unspecified atom stereocenters. The van der Waals surface area contributed by atoms with Gasteiger partial charge < -0.3 is 5.32 Å². The number of pyridine rings is 1. The van der Waals surface area contributed by atoms with Gasteiger partial charge in [-0.3, -0.25) is 15.1 Å². The van der Waals surface area contributed by atoms with Crippen LogP contribution >= 0.6 is 0 Å². The summed E-state index contributed by atoms with van der Waals surface area (Å²) in [5, 5.41) is 14.2. The highest BCUT2D eigenvalue weighted by atomic mass is 16.6. The first kappa shape index (κ1) is 12.8. The van der Waals surface area contributed by atoms with Gasteiger partial charge in [-0.2, -0.15) is 0 Å². The summed E-state index contributed by atoms with van der Waals surface area (Å²) < 4.78 is 0. The molecule has 0 radical (unpaired) electrons. The molecule has 1 aromatic heterocycles. The molecule has 1 heterocycles. The fourth-order valence-electron chi connectivity index (χ4n) is 2.65. The number of hydrogen-bond donors (Lipinski definition) is 1. The molecule has 5 nitrogen and oxygen atoms in total. The third kappa shape index (κ3) is 2.97. The van der Waals surface area contributed by atoms with Crippen LogP contribution in [0.2, 0.25) is 0 Å². The van der Waals surface area contributed by atoms with E-state index in [1.165, 1.54) is 38.3 Å². The Morgan fingerprint density at radius 1 is 1.44 bits per heavy atom. The van der Waals surface area contributed by atoms with Crippen molar-refractivity contribution in [2.24, 2.45) is 5.92 Å². The van der Waals surface area contributed by atoms with E-state index in [-0.39, 0.29) is 16.7 Å². The van der Waals surface area contributed by atoms with E-state index in [4.69, 9.17) is 0 Å². The van der Waals surface area contributed by atoms with E-state index in [9.17, 15) is 10.1 Å². The molecule has 1 saturated carbocycles. The number of anilines is 1.